The minimum atomic E-state index is -3.65. The number of sulfonamides is 1. The van der Waals surface area contributed by atoms with Crippen LogP contribution in [0.2, 0.25) is 0 Å². The quantitative estimate of drug-likeness (QED) is 0.575. The van der Waals surface area contributed by atoms with E-state index in [-0.39, 0.29) is 16.6 Å². The number of nitro benzene ring substituents is 1. The molecule has 1 heterocycles. The summed E-state index contributed by atoms with van der Waals surface area (Å²) in [5.41, 5.74) is -0.134. The van der Waals surface area contributed by atoms with Gasteiger partial charge in [0.2, 0.25) is 10.0 Å². The molecule has 116 valence electrons. The molecule has 0 bridgehead atoms. The lowest BCUT2D eigenvalue weighted by atomic mass is 10.2. The van der Waals surface area contributed by atoms with Crippen molar-refractivity contribution in [2.24, 2.45) is 0 Å². The Morgan fingerprint density at radius 2 is 2.10 bits per heavy atom. The molecule has 21 heavy (non-hydrogen) atoms. The minimum absolute atomic E-state index is 0.0273. The maximum absolute atomic E-state index is 12.1. The van der Waals surface area contributed by atoms with E-state index in [0.29, 0.717) is 6.54 Å². The molecular formula is C12H18N4O4S. The van der Waals surface area contributed by atoms with E-state index in [0.717, 1.165) is 19.6 Å². The number of hydrogen-bond acceptors (Lipinski definition) is 6. The van der Waals surface area contributed by atoms with Crippen LogP contribution in [0.3, 0.4) is 0 Å². The van der Waals surface area contributed by atoms with E-state index < -0.39 is 14.9 Å². The summed E-state index contributed by atoms with van der Waals surface area (Å²) in [6, 6.07) is 4.93. The molecule has 1 atom stereocenters. The van der Waals surface area contributed by atoms with Gasteiger partial charge >= 0.3 is 0 Å². The molecular weight excluding hydrogens is 296 g/mol. The second-order valence-electron chi connectivity index (χ2n) is 4.94. The lowest BCUT2D eigenvalue weighted by molar-refractivity contribution is -0.384. The number of nitro groups is 1. The Bertz CT molecular complexity index is 602. The van der Waals surface area contributed by atoms with Gasteiger partial charge in [-0.15, -0.1) is 0 Å². The molecule has 0 aromatic heterocycles. The van der Waals surface area contributed by atoms with Gasteiger partial charge in [-0.05, 0) is 19.2 Å². The van der Waals surface area contributed by atoms with E-state index in [4.69, 9.17) is 0 Å². The lowest BCUT2D eigenvalue weighted by Crippen LogP contribution is -2.53. The van der Waals surface area contributed by atoms with Gasteiger partial charge in [0.15, 0.2) is 0 Å². The fourth-order valence-electron chi connectivity index (χ4n) is 2.13. The largest absolute Gasteiger partial charge is 0.314 e. The summed E-state index contributed by atoms with van der Waals surface area (Å²) in [5, 5.41) is 13.8. The highest BCUT2D eigenvalue weighted by Gasteiger charge is 2.22. The molecule has 1 aliphatic heterocycles. The molecule has 2 N–H and O–H groups in total. The highest BCUT2D eigenvalue weighted by Crippen LogP contribution is 2.15. The Morgan fingerprint density at radius 3 is 2.67 bits per heavy atom. The standard InChI is InChI=1S/C12H18N4O4S/c1-15-7-6-13-8-11(15)9-14-21(19,20)12-4-2-10(3-5-12)16(17)18/h2-5,11,13-14H,6-9H2,1H3. The van der Waals surface area contributed by atoms with E-state index >= 15 is 0 Å². The Kier molecular flexibility index (Phi) is 4.88. The van der Waals surface area contributed by atoms with Crippen LogP contribution in [-0.4, -0.2) is 57.5 Å². The van der Waals surface area contributed by atoms with E-state index in [2.05, 4.69) is 14.9 Å². The Labute approximate surface area is 123 Å². The monoisotopic (exact) mass is 314 g/mol. The van der Waals surface area contributed by atoms with Crippen LogP contribution >= 0.6 is 0 Å². The molecule has 1 unspecified atom stereocenters. The van der Waals surface area contributed by atoms with Crippen LogP contribution < -0.4 is 10.0 Å². The summed E-state index contributed by atoms with van der Waals surface area (Å²) in [4.78, 5) is 12.1. The summed E-state index contributed by atoms with van der Waals surface area (Å²) >= 11 is 0. The number of nitrogens with one attached hydrogen (secondary N) is 2. The van der Waals surface area contributed by atoms with Crippen molar-refractivity contribution in [3.63, 3.8) is 0 Å². The van der Waals surface area contributed by atoms with Gasteiger partial charge in [0.1, 0.15) is 0 Å². The van der Waals surface area contributed by atoms with Crippen molar-refractivity contribution >= 4 is 15.7 Å². The first-order chi connectivity index (χ1) is 9.90. The zero-order valence-electron chi connectivity index (χ0n) is 11.7. The SMILES string of the molecule is CN1CCNCC1CNS(=O)(=O)c1ccc([N+](=O)[O-])cc1. The van der Waals surface area contributed by atoms with E-state index in [1.54, 1.807) is 0 Å². The molecule has 0 amide bonds. The highest BCUT2D eigenvalue weighted by atomic mass is 32.2. The van der Waals surface area contributed by atoms with Crippen LogP contribution in [0.4, 0.5) is 5.69 Å². The van der Waals surface area contributed by atoms with Gasteiger partial charge in [0, 0.05) is 44.4 Å². The predicted molar refractivity (Wildman–Crippen MR) is 77.6 cm³/mol. The number of hydrogen-bond donors (Lipinski definition) is 2. The second kappa shape index (κ2) is 6.48. The third-order valence-corrected chi connectivity index (χ3v) is 4.95. The van der Waals surface area contributed by atoms with Crippen molar-refractivity contribution in [3.05, 3.63) is 34.4 Å². The molecule has 2 rings (SSSR count). The van der Waals surface area contributed by atoms with Crippen LogP contribution in [0.15, 0.2) is 29.2 Å². The second-order valence-corrected chi connectivity index (χ2v) is 6.71. The van der Waals surface area contributed by atoms with Crippen molar-refractivity contribution in [3.8, 4) is 0 Å². The lowest BCUT2D eigenvalue weighted by Gasteiger charge is -2.33. The number of nitrogens with zero attached hydrogens (tertiary/aromatic N) is 2. The maximum atomic E-state index is 12.1. The van der Waals surface area contributed by atoms with Crippen molar-refractivity contribution in [2.75, 3.05) is 33.2 Å². The highest BCUT2D eigenvalue weighted by molar-refractivity contribution is 7.89. The van der Waals surface area contributed by atoms with Gasteiger partial charge in [0.25, 0.3) is 5.69 Å². The molecule has 0 saturated carbocycles. The summed E-state index contributed by atoms with van der Waals surface area (Å²) < 4.78 is 26.8. The van der Waals surface area contributed by atoms with E-state index in [9.17, 15) is 18.5 Å². The van der Waals surface area contributed by atoms with Crippen molar-refractivity contribution in [2.45, 2.75) is 10.9 Å². The third kappa shape index (κ3) is 3.97. The average molecular weight is 314 g/mol. The average Bonchev–Trinajstić information content (AvgIpc) is 2.46. The van der Waals surface area contributed by atoms with Crippen LogP contribution in [-0.2, 0) is 10.0 Å². The molecule has 8 nitrogen and oxygen atoms in total. The van der Waals surface area contributed by atoms with Gasteiger partial charge in [0.05, 0.1) is 9.82 Å². The smallest absolute Gasteiger partial charge is 0.269 e. The number of non-ortho nitro benzene ring substituents is 1. The van der Waals surface area contributed by atoms with Gasteiger partial charge in [-0.25, -0.2) is 13.1 Å². The fraction of sp³-hybridized carbons (Fsp3) is 0.500. The van der Waals surface area contributed by atoms with Gasteiger partial charge in [-0.1, -0.05) is 0 Å². The molecule has 0 radical (unpaired) electrons. The van der Waals surface area contributed by atoms with Crippen LogP contribution in [0.1, 0.15) is 0 Å². The van der Waals surface area contributed by atoms with Crippen LogP contribution in [0, 0.1) is 10.1 Å². The maximum Gasteiger partial charge on any atom is 0.269 e. The topological polar surface area (TPSA) is 105 Å². The zero-order valence-corrected chi connectivity index (χ0v) is 12.5. The van der Waals surface area contributed by atoms with E-state index in [1.807, 2.05) is 7.05 Å². The summed E-state index contributed by atoms with van der Waals surface area (Å²) in [7, 11) is -1.70. The van der Waals surface area contributed by atoms with Crippen molar-refractivity contribution in [1.29, 1.82) is 0 Å². The Hall–Kier alpha value is -1.55. The molecule has 9 heteroatoms. The summed E-state index contributed by atoms with van der Waals surface area (Å²) in [5.74, 6) is 0. The molecule has 1 saturated heterocycles. The number of rotatable bonds is 5. The molecule has 1 fully saturated rings. The van der Waals surface area contributed by atoms with Gasteiger partial charge in [-0.3, -0.25) is 15.0 Å². The first-order valence-corrected chi connectivity index (χ1v) is 8.03. The Balaban J connectivity index is 2.02. The summed E-state index contributed by atoms with van der Waals surface area (Å²) in [6.45, 7) is 2.77. The molecule has 1 aromatic carbocycles. The number of piperazine rings is 1. The van der Waals surface area contributed by atoms with Crippen molar-refractivity contribution in [1.82, 2.24) is 14.9 Å². The molecule has 0 aliphatic carbocycles. The normalized spacial score (nSPS) is 20.3. The number of benzene rings is 1. The number of likely N-dealkylation sites (N-methyl/N-ethyl adjacent to an activating group) is 1. The van der Waals surface area contributed by atoms with Crippen LogP contribution in [0.25, 0.3) is 0 Å². The van der Waals surface area contributed by atoms with Gasteiger partial charge < -0.3 is 5.32 Å². The van der Waals surface area contributed by atoms with Crippen molar-refractivity contribution < 1.29 is 13.3 Å². The molecule has 0 spiro atoms. The Morgan fingerprint density at radius 1 is 1.43 bits per heavy atom. The predicted octanol–water partition coefficient (Wildman–Crippen LogP) is -0.223. The first-order valence-electron chi connectivity index (χ1n) is 6.55. The van der Waals surface area contributed by atoms with E-state index in [1.165, 1.54) is 24.3 Å². The third-order valence-electron chi connectivity index (χ3n) is 3.51. The summed E-state index contributed by atoms with van der Waals surface area (Å²) in [6.07, 6.45) is 0. The van der Waals surface area contributed by atoms with Gasteiger partial charge in [-0.2, -0.15) is 0 Å². The molecule has 1 aliphatic rings. The van der Waals surface area contributed by atoms with Crippen LogP contribution in [0.5, 0.6) is 0 Å². The fourth-order valence-corrected chi connectivity index (χ4v) is 3.20. The minimum Gasteiger partial charge on any atom is -0.314 e. The first kappa shape index (κ1) is 15.8. The zero-order chi connectivity index (χ0) is 15.5. The molecule has 1 aromatic rings.